The minimum atomic E-state index is 0.752. The molecule has 0 aliphatic heterocycles. The van der Waals surface area contributed by atoms with Crippen LogP contribution in [0.5, 0.6) is 5.75 Å². The van der Waals surface area contributed by atoms with E-state index in [2.05, 4.69) is 43.3 Å². The Labute approximate surface area is 104 Å². The lowest BCUT2D eigenvalue weighted by atomic mass is 9.78. The lowest BCUT2D eigenvalue weighted by molar-refractivity contribution is 0.375. The molecule has 0 unspecified atom stereocenters. The van der Waals surface area contributed by atoms with Gasteiger partial charge in [0.15, 0.2) is 0 Å². The summed E-state index contributed by atoms with van der Waals surface area (Å²) >= 11 is 0. The van der Waals surface area contributed by atoms with Crippen LogP contribution in [0.4, 0.5) is 0 Å². The van der Waals surface area contributed by atoms with Crippen molar-refractivity contribution in [2.75, 3.05) is 7.11 Å². The molecule has 0 aromatic heterocycles. The lowest BCUT2D eigenvalue weighted by Crippen LogP contribution is -2.11. The van der Waals surface area contributed by atoms with Gasteiger partial charge in [0.2, 0.25) is 0 Å². The maximum absolute atomic E-state index is 5.20. The molecule has 2 rings (SSSR count). The van der Waals surface area contributed by atoms with Crippen LogP contribution < -0.4 is 4.74 Å². The average Bonchev–Trinajstić information content (AvgIpc) is 2.40. The molecule has 0 bridgehead atoms. The Bertz CT molecular complexity index is 356. The largest absolute Gasteiger partial charge is 0.497 e. The number of rotatable bonds is 3. The van der Waals surface area contributed by atoms with Crippen LogP contribution in [0.15, 0.2) is 36.4 Å². The van der Waals surface area contributed by atoms with Gasteiger partial charge >= 0.3 is 0 Å². The molecule has 1 heteroatoms. The third-order valence-corrected chi connectivity index (χ3v) is 3.82. The molecule has 0 atom stereocenters. The highest BCUT2D eigenvalue weighted by molar-refractivity contribution is 5.29. The van der Waals surface area contributed by atoms with Crippen LogP contribution >= 0.6 is 0 Å². The first-order valence-electron chi connectivity index (χ1n) is 6.60. The van der Waals surface area contributed by atoms with Gasteiger partial charge in [-0.1, -0.05) is 24.3 Å². The van der Waals surface area contributed by atoms with Gasteiger partial charge in [0.05, 0.1) is 7.11 Å². The summed E-state index contributed by atoms with van der Waals surface area (Å²) in [6, 6.07) is 8.60. The average molecular weight is 230 g/mol. The van der Waals surface area contributed by atoms with Crippen LogP contribution in [0.1, 0.15) is 44.1 Å². The number of methoxy groups -OCH3 is 1. The van der Waals surface area contributed by atoms with Crippen molar-refractivity contribution in [1.29, 1.82) is 0 Å². The maximum atomic E-state index is 5.20. The second-order valence-corrected chi connectivity index (χ2v) is 4.91. The van der Waals surface area contributed by atoms with Crippen LogP contribution in [0.3, 0.4) is 0 Å². The summed E-state index contributed by atoms with van der Waals surface area (Å²) in [4.78, 5) is 0. The van der Waals surface area contributed by atoms with E-state index in [-0.39, 0.29) is 0 Å². The molecule has 0 heterocycles. The fourth-order valence-electron chi connectivity index (χ4n) is 2.79. The quantitative estimate of drug-likeness (QED) is 0.692. The minimum Gasteiger partial charge on any atom is -0.497 e. The Morgan fingerprint density at radius 3 is 2.24 bits per heavy atom. The van der Waals surface area contributed by atoms with Gasteiger partial charge in [-0.05, 0) is 62.1 Å². The van der Waals surface area contributed by atoms with Gasteiger partial charge < -0.3 is 4.74 Å². The number of ether oxygens (including phenoxy) is 1. The Morgan fingerprint density at radius 1 is 1.06 bits per heavy atom. The maximum Gasteiger partial charge on any atom is 0.118 e. The normalized spacial score (nSPS) is 25.1. The molecular weight excluding hydrogens is 208 g/mol. The smallest absolute Gasteiger partial charge is 0.118 e. The van der Waals surface area contributed by atoms with E-state index < -0.39 is 0 Å². The van der Waals surface area contributed by atoms with Crippen LogP contribution in [0.25, 0.3) is 0 Å². The van der Waals surface area contributed by atoms with Crippen LogP contribution in [-0.4, -0.2) is 7.11 Å². The molecule has 1 fully saturated rings. The molecule has 1 nitrogen and oxygen atoms in total. The first-order chi connectivity index (χ1) is 8.33. The van der Waals surface area contributed by atoms with Crippen molar-refractivity contribution in [2.24, 2.45) is 5.92 Å². The van der Waals surface area contributed by atoms with Crippen molar-refractivity contribution in [1.82, 2.24) is 0 Å². The Hall–Kier alpha value is -1.24. The van der Waals surface area contributed by atoms with Gasteiger partial charge in [-0.3, -0.25) is 0 Å². The van der Waals surface area contributed by atoms with Crippen molar-refractivity contribution in [3.05, 3.63) is 42.0 Å². The van der Waals surface area contributed by atoms with E-state index in [0.29, 0.717) is 0 Å². The molecule has 92 valence electrons. The van der Waals surface area contributed by atoms with Gasteiger partial charge in [-0.2, -0.15) is 0 Å². The fraction of sp³-hybridized carbons (Fsp3) is 0.500. The SMILES string of the molecule is CC=CC1CCC(c2ccc(OC)cc2)CC1. The van der Waals surface area contributed by atoms with Crippen LogP contribution in [0, 0.1) is 5.92 Å². The molecule has 0 saturated heterocycles. The minimum absolute atomic E-state index is 0.752. The molecular formula is C16H22O. The second-order valence-electron chi connectivity index (χ2n) is 4.91. The summed E-state index contributed by atoms with van der Waals surface area (Å²) in [7, 11) is 1.72. The zero-order chi connectivity index (χ0) is 12.1. The molecule has 1 aromatic rings. The van der Waals surface area contributed by atoms with Crippen LogP contribution in [0.2, 0.25) is 0 Å². The molecule has 0 N–H and O–H groups in total. The molecule has 0 amide bonds. The predicted octanol–water partition coefficient (Wildman–Crippen LogP) is 4.55. The summed E-state index contributed by atoms with van der Waals surface area (Å²) in [5.74, 6) is 2.52. The Balaban J connectivity index is 1.95. The molecule has 0 spiro atoms. The number of hydrogen-bond acceptors (Lipinski definition) is 1. The van der Waals surface area contributed by atoms with Crippen LogP contribution in [-0.2, 0) is 0 Å². The van der Waals surface area contributed by atoms with E-state index in [1.807, 2.05) is 0 Å². The summed E-state index contributed by atoms with van der Waals surface area (Å²) in [6.07, 6.45) is 9.87. The highest BCUT2D eigenvalue weighted by Gasteiger charge is 2.20. The highest BCUT2D eigenvalue weighted by Crippen LogP contribution is 2.36. The molecule has 17 heavy (non-hydrogen) atoms. The number of allylic oxidation sites excluding steroid dienone is 2. The van der Waals surface area contributed by atoms with Gasteiger partial charge in [-0.25, -0.2) is 0 Å². The molecule has 1 aromatic carbocycles. The van der Waals surface area contributed by atoms with Crippen molar-refractivity contribution < 1.29 is 4.74 Å². The van der Waals surface area contributed by atoms with Crippen molar-refractivity contribution in [2.45, 2.75) is 38.5 Å². The van der Waals surface area contributed by atoms with Crippen molar-refractivity contribution >= 4 is 0 Å². The third kappa shape index (κ3) is 3.12. The summed E-state index contributed by atoms with van der Waals surface area (Å²) in [6.45, 7) is 2.12. The summed E-state index contributed by atoms with van der Waals surface area (Å²) in [5, 5.41) is 0. The van der Waals surface area contributed by atoms with E-state index >= 15 is 0 Å². The lowest BCUT2D eigenvalue weighted by Gasteiger charge is -2.27. The van der Waals surface area contributed by atoms with E-state index in [1.54, 1.807) is 7.11 Å². The first-order valence-corrected chi connectivity index (χ1v) is 6.60. The third-order valence-electron chi connectivity index (χ3n) is 3.82. The van der Waals surface area contributed by atoms with E-state index in [9.17, 15) is 0 Å². The molecule has 1 saturated carbocycles. The van der Waals surface area contributed by atoms with E-state index in [1.165, 1.54) is 31.2 Å². The zero-order valence-corrected chi connectivity index (χ0v) is 10.9. The molecule has 0 radical (unpaired) electrons. The number of hydrogen-bond donors (Lipinski definition) is 0. The first kappa shape index (κ1) is 12.2. The second kappa shape index (κ2) is 5.90. The summed E-state index contributed by atoms with van der Waals surface area (Å²) < 4.78 is 5.20. The number of benzene rings is 1. The van der Waals surface area contributed by atoms with E-state index in [4.69, 9.17) is 4.74 Å². The Morgan fingerprint density at radius 2 is 1.71 bits per heavy atom. The monoisotopic (exact) mass is 230 g/mol. The van der Waals surface area contributed by atoms with Gasteiger partial charge in [0.25, 0.3) is 0 Å². The van der Waals surface area contributed by atoms with Gasteiger partial charge in [-0.15, -0.1) is 0 Å². The molecule has 1 aliphatic rings. The predicted molar refractivity (Wildman–Crippen MR) is 72.5 cm³/mol. The van der Waals surface area contributed by atoms with Crippen molar-refractivity contribution in [3.63, 3.8) is 0 Å². The highest BCUT2D eigenvalue weighted by atomic mass is 16.5. The standard InChI is InChI=1S/C16H22O/c1-3-4-13-5-7-14(8-6-13)15-9-11-16(17-2)12-10-15/h3-4,9-14H,5-8H2,1-2H3. The van der Waals surface area contributed by atoms with Crippen molar-refractivity contribution in [3.8, 4) is 5.75 Å². The summed E-state index contributed by atoms with van der Waals surface area (Å²) in [5.41, 5.74) is 1.48. The fourth-order valence-corrected chi connectivity index (χ4v) is 2.79. The van der Waals surface area contributed by atoms with Gasteiger partial charge in [0, 0.05) is 0 Å². The topological polar surface area (TPSA) is 9.23 Å². The molecule has 1 aliphatic carbocycles. The zero-order valence-electron chi connectivity index (χ0n) is 10.9. The Kier molecular flexibility index (Phi) is 4.24. The van der Waals surface area contributed by atoms with Gasteiger partial charge in [0.1, 0.15) is 5.75 Å². The van der Waals surface area contributed by atoms with E-state index in [0.717, 1.165) is 17.6 Å².